The van der Waals surface area contributed by atoms with E-state index in [4.69, 9.17) is 0 Å². The van der Waals surface area contributed by atoms with Crippen LogP contribution in [0.15, 0.2) is 5.10 Å². The Hall–Kier alpha value is -1.66. The molecule has 0 saturated carbocycles. The Labute approximate surface area is 93.6 Å². The van der Waals surface area contributed by atoms with Crippen LogP contribution in [0.4, 0.5) is 0 Å². The van der Waals surface area contributed by atoms with E-state index in [-0.39, 0.29) is 18.3 Å². The Bertz CT molecular complexity index is 332. The van der Waals surface area contributed by atoms with Crippen LogP contribution in [0.2, 0.25) is 0 Å². The summed E-state index contributed by atoms with van der Waals surface area (Å²) in [5.41, 5.74) is -0.442. The molecule has 16 heavy (non-hydrogen) atoms. The molecule has 90 valence electrons. The van der Waals surface area contributed by atoms with Crippen molar-refractivity contribution in [2.45, 2.75) is 20.8 Å². The van der Waals surface area contributed by atoms with Crippen molar-refractivity contribution in [2.75, 3.05) is 19.6 Å². The largest absolute Gasteiger partial charge is 0.349 e. The lowest BCUT2D eigenvalue weighted by molar-refractivity contribution is -0.485. The van der Waals surface area contributed by atoms with E-state index < -0.39 is 10.4 Å². The minimum absolute atomic E-state index is 0.0345. The summed E-state index contributed by atoms with van der Waals surface area (Å²) in [5, 5.41) is 15.5. The van der Waals surface area contributed by atoms with E-state index in [1.54, 1.807) is 4.90 Å². The van der Waals surface area contributed by atoms with E-state index in [1.807, 2.05) is 20.8 Å². The van der Waals surface area contributed by atoms with Gasteiger partial charge in [-0.05, 0) is 0 Å². The van der Waals surface area contributed by atoms with Gasteiger partial charge in [-0.3, -0.25) is 4.79 Å². The molecule has 0 aromatic rings. The van der Waals surface area contributed by atoms with Gasteiger partial charge in [0.2, 0.25) is 0 Å². The molecule has 1 fully saturated rings. The molecule has 1 N–H and O–H groups in total. The Kier molecular flexibility index (Phi) is 3.46. The molecule has 0 spiro atoms. The molecular formula is C9H16N4O3. The van der Waals surface area contributed by atoms with Gasteiger partial charge in [0.05, 0.1) is 6.54 Å². The zero-order valence-electron chi connectivity index (χ0n) is 9.69. The monoisotopic (exact) mass is 228 g/mol. The van der Waals surface area contributed by atoms with Gasteiger partial charge in [-0.2, -0.15) is 0 Å². The molecule has 1 aliphatic heterocycles. The van der Waals surface area contributed by atoms with Crippen LogP contribution in [-0.2, 0) is 4.79 Å². The first-order valence-corrected chi connectivity index (χ1v) is 5.06. The third kappa shape index (κ3) is 3.18. The lowest BCUT2D eigenvalue weighted by atomic mass is 9.90. The van der Waals surface area contributed by atoms with E-state index >= 15 is 0 Å². The third-order valence-corrected chi connectivity index (χ3v) is 2.31. The number of guanidine groups is 1. The maximum atomic E-state index is 11.8. The Morgan fingerprint density at radius 2 is 2.25 bits per heavy atom. The van der Waals surface area contributed by atoms with Crippen LogP contribution in [0.25, 0.3) is 0 Å². The molecule has 0 aromatic carbocycles. The van der Waals surface area contributed by atoms with Crippen LogP contribution in [-0.4, -0.2) is 41.3 Å². The SMILES string of the molecule is CC(C)(C)C(=O)CN1CCNC1=N[N+](=O)[O-]. The van der Waals surface area contributed by atoms with Crippen molar-refractivity contribution in [1.29, 1.82) is 0 Å². The molecule has 7 heteroatoms. The van der Waals surface area contributed by atoms with Gasteiger partial charge < -0.3 is 10.2 Å². The van der Waals surface area contributed by atoms with E-state index in [0.717, 1.165) is 0 Å². The molecule has 0 unspecified atom stereocenters. The molecule has 0 radical (unpaired) electrons. The highest BCUT2D eigenvalue weighted by molar-refractivity contribution is 5.90. The summed E-state index contributed by atoms with van der Waals surface area (Å²) in [6.45, 7) is 6.76. The number of hydrazone groups is 1. The van der Waals surface area contributed by atoms with Crippen LogP contribution < -0.4 is 5.32 Å². The van der Waals surface area contributed by atoms with Crippen molar-refractivity contribution in [3.05, 3.63) is 10.1 Å². The van der Waals surface area contributed by atoms with Crippen LogP contribution >= 0.6 is 0 Å². The van der Waals surface area contributed by atoms with Crippen molar-refractivity contribution in [1.82, 2.24) is 10.2 Å². The first kappa shape index (κ1) is 12.4. The number of carbonyl (C=O) groups is 1. The third-order valence-electron chi connectivity index (χ3n) is 2.31. The van der Waals surface area contributed by atoms with Crippen molar-refractivity contribution >= 4 is 11.7 Å². The summed E-state index contributed by atoms with van der Waals surface area (Å²) < 4.78 is 0. The number of nitro groups is 1. The standard InChI is InChI=1S/C9H16N4O3/c1-9(2,3)7(14)6-12-5-4-10-8(12)11-13(15)16/h4-6H2,1-3H3,(H,10,11). The summed E-state index contributed by atoms with van der Waals surface area (Å²) in [6, 6.07) is 0. The molecular weight excluding hydrogens is 212 g/mol. The van der Waals surface area contributed by atoms with Crippen molar-refractivity contribution < 1.29 is 9.83 Å². The molecule has 7 nitrogen and oxygen atoms in total. The fourth-order valence-electron chi connectivity index (χ4n) is 1.26. The first-order valence-electron chi connectivity index (χ1n) is 5.06. The van der Waals surface area contributed by atoms with Gasteiger partial charge in [-0.25, -0.2) is 10.1 Å². The smallest absolute Gasteiger partial charge is 0.271 e. The zero-order valence-corrected chi connectivity index (χ0v) is 9.69. The van der Waals surface area contributed by atoms with E-state index in [0.29, 0.717) is 13.1 Å². The second kappa shape index (κ2) is 4.46. The minimum Gasteiger partial charge on any atom is -0.349 e. The molecule has 0 atom stereocenters. The molecule has 0 bridgehead atoms. The van der Waals surface area contributed by atoms with E-state index in [9.17, 15) is 14.9 Å². The highest BCUT2D eigenvalue weighted by Crippen LogP contribution is 2.15. The Morgan fingerprint density at radius 3 is 2.75 bits per heavy atom. The topological polar surface area (TPSA) is 87.8 Å². The average Bonchev–Trinajstić information content (AvgIpc) is 2.50. The quantitative estimate of drug-likeness (QED) is 0.545. The summed E-state index contributed by atoms with van der Waals surface area (Å²) >= 11 is 0. The number of hydrogen-bond donors (Lipinski definition) is 1. The second-order valence-corrected chi connectivity index (χ2v) is 4.68. The van der Waals surface area contributed by atoms with Crippen LogP contribution in [0.1, 0.15) is 20.8 Å². The van der Waals surface area contributed by atoms with Gasteiger partial charge in [0.15, 0.2) is 10.8 Å². The molecule has 1 rings (SSSR count). The van der Waals surface area contributed by atoms with Crippen LogP contribution in [0.5, 0.6) is 0 Å². The van der Waals surface area contributed by atoms with Gasteiger partial charge in [0, 0.05) is 18.5 Å². The number of hydrogen-bond acceptors (Lipinski definition) is 3. The van der Waals surface area contributed by atoms with Crippen molar-refractivity contribution in [3.63, 3.8) is 0 Å². The zero-order chi connectivity index (χ0) is 12.3. The molecule has 1 saturated heterocycles. The highest BCUT2D eigenvalue weighted by atomic mass is 16.7. The van der Waals surface area contributed by atoms with E-state index in [1.165, 1.54) is 0 Å². The Balaban J connectivity index is 2.67. The predicted octanol–water partition coefficient (Wildman–Crippen LogP) is 0.0545. The number of nitrogens with zero attached hydrogens (tertiary/aromatic N) is 3. The number of rotatable bonds is 3. The van der Waals surface area contributed by atoms with Gasteiger partial charge >= 0.3 is 0 Å². The lowest BCUT2D eigenvalue weighted by Crippen LogP contribution is -2.39. The summed E-state index contributed by atoms with van der Waals surface area (Å²) in [4.78, 5) is 23.6. The minimum atomic E-state index is -0.762. The summed E-state index contributed by atoms with van der Waals surface area (Å²) in [6.07, 6.45) is 0. The van der Waals surface area contributed by atoms with Gasteiger partial charge in [-0.15, -0.1) is 0 Å². The van der Waals surface area contributed by atoms with Crippen LogP contribution in [0.3, 0.4) is 0 Å². The average molecular weight is 228 g/mol. The molecule has 1 aliphatic rings. The number of nitrogens with one attached hydrogen (secondary N) is 1. The second-order valence-electron chi connectivity index (χ2n) is 4.68. The van der Waals surface area contributed by atoms with Gasteiger partial charge in [0.25, 0.3) is 5.96 Å². The highest BCUT2D eigenvalue weighted by Gasteiger charge is 2.28. The number of Topliss-reactive ketones (excluding diaryl/α,β-unsaturated/α-hetero) is 1. The number of ketones is 1. The Morgan fingerprint density at radius 1 is 1.62 bits per heavy atom. The normalized spacial score (nSPS) is 18.7. The predicted molar refractivity (Wildman–Crippen MR) is 58.5 cm³/mol. The van der Waals surface area contributed by atoms with Crippen molar-refractivity contribution in [3.8, 4) is 0 Å². The summed E-state index contributed by atoms with van der Waals surface area (Å²) in [5.74, 6) is 0.204. The lowest BCUT2D eigenvalue weighted by Gasteiger charge is -2.21. The fraction of sp³-hybridized carbons (Fsp3) is 0.778. The van der Waals surface area contributed by atoms with Crippen molar-refractivity contribution in [2.24, 2.45) is 10.5 Å². The fourth-order valence-corrected chi connectivity index (χ4v) is 1.26. The van der Waals surface area contributed by atoms with Gasteiger partial charge in [0.1, 0.15) is 5.10 Å². The molecule has 0 aromatic heterocycles. The van der Waals surface area contributed by atoms with E-state index in [2.05, 4.69) is 10.4 Å². The molecule has 0 aliphatic carbocycles. The van der Waals surface area contributed by atoms with Crippen LogP contribution in [0, 0.1) is 15.5 Å². The maximum Gasteiger partial charge on any atom is 0.271 e. The molecule has 0 amide bonds. The van der Waals surface area contributed by atoms with Gasteiger partial charge in [-0.1, -0.05) is 20.8 Å². The number of carbonyl (C=O) groups excluding carboxylic acids is 1. The maximum absolute atomic E-state index is 11.8. The first-order chi connectivity index (χ1) is 7.30. The molecule has 1 heterocycles. The summed E-state index contributed by atoms with van der Waals surface area (Å²) in [7, 11) is 0.